The highest BCUT2D eigenvalue weighted by molar-refractivity contribution is 7.92. The van der Waals surface area contributed by atoms with Gasteiger partial charge in [-0.05, 0) is 30.7 Å². The number of anilines is 5. The van der Waals surface area contributed by atoms with Crippen LogP contribution in [0, 0.1) is 6.92 Å². The summed E-state index contributed by atoms with van der Waals surface area (Å²) in [6, 6.07) is 8.41. The summed E-state index contributed by atoms with van der Waals surface area (Å²) in [6.45, 7) is 5.25. The second-order valence-corrected chi connectivity index (χ2v) is 12.4. The highest BCUT2D eigenvalue weighted by atomic mass is 35.5. The quantitative estimate of drug-likeness (QED) is 0.0821. The third-order valence-corrected chi connectivity index (χ3v) is 7.27. The highest BCUT2D eigenvalue weighted by Gasteiger charge is 2.15. The summed E-state index contributed by atoms with van der Waals surface area (Å²) < 4.78 is 64.7. The topological polar surface area (TPSA) is 210 Å². The van der Waals surface area contributed by atoms with Gasteiger partial charge in [0.15, 0.2) is 17.3 Å². The monoisotopic (exact) mass is 742 g/mol. The van der Waals surface area contributed by atoms with Crippen LogP contribution in [-0.2, 0) is 29.0 Å². The molecule has 0 atom stereocenters. The van der Waals surface area contributed by atoms with Crippen molar-refractivity contribution in [3.05, 3.63) is 47.1 Å². The molecule has 50 heavy (non-hydrogen) atoms. The van der Waals surface area contributed by atoms with E-state index < -0.39 is 16.1 Å². The first kappa shape index (κ1) is 40.1. The van der Waals surface area contributed by atoms with Gasteiger partial charge in [0.25, 0.3) is 0 Å². The summed E-state index contributed by atoms with van der Waals surface area (Å²) in [5.74, 6) is 1.91. The van der Waals surface area contributed by atoms with Gasteiger partial charge < -0.3 is 54.2 Å². The molecular weight excluding hydrogens is 700 g/mol. The molecule has 1 amide bonds. The van der Waals surface area contributed by atoms with Gasteiger partial charge in [-0.1, -0.05) is 11.6 Å². The van der Waals surface area contributed by atoms with Crippen molar-refractivity contribution in [2.24, 2.45) is 0 Å². The number of carbonyl (C=O) groups is 1. The van der Waals surface area contributed by atoms with Crippen molar-refractivity contribution in [1.29, 1.82) is 0 Å². The van der Waals surface area contributed by atoms with Crippen LogP contribution in [0.3, 0.4) is 0 Å². The number of nitrogens with zero attached hydrogens (tertiary/aromatic N) is 2. The maximum atomic E-state index is 12.0. The lowest BCUT2D eigenvalue weighted by Crippen LogP contribution is -2.25. The van der Waals surface area contributed by atoms with E-state index in [0.717, 1.165) is 11.8 Å². The number of rotatable bonds is 24. The van der Waals surface area contributed by atoms with Crippen LogP contribution in [0.1, 0.15) is 5.56 Å². The Morgan fingerprint density at radius 3 is 2.06 bits per heavy atom. The van der Waals surface area contributed by atoms with Crippen LogP contribution >= 0.6 is 11.6 Å². The summed E-state index contributed by atoms with van der Waals surface area (Å²) in [6.07, 6.45) is 1.38. The second-order valence-electron chi connectivity index (χ2n) is 10.3. The lowest BCUT2D eigenvalue weighted by atomic mass is 10.1. The van der Waals surface area contributed by atoms with Crippen LogP contribution in [0.5, 0.6) is 17.2 Å². The molecule has 0 spiro atoms. The molecule has 0 aliphatic carbocycles. The van der Waals surface area contributed by atoms with Crippen LogP contribution in [0.25, 0.3) is 0 Å². The number of methoxy groups -OCH3 is 2. The predicted octanol–water partition coefficient (Wildman–Crippen LogP) is 4.03. The number of benzene rings is 2. The number of aromatic nitrogens is 2. The first-order valence-electron chi connectivity index (χ1n) is 15.3. The summed E-state index contributed by atoms with van der Waals surface area (Å²) in [5, 5.41) is 17.1. The molecule has 3 aromatic rings. The third kappa shape index (κ3) is 14.7. The molecule has 276 valence electrons. The number of carboxylic acid groups (broad SMARTS) is 1. The maximum Gasteiger partial charge on any atom is 0.404 e. The molecule has 5 N–H and O–H groups in total. The van der Waals surface area contributed by atoms with Crippen molar-refractivity contribution >= 4 is 56.5 Å². The molecule has 2 aromatic carbocycles. The fraction of sp³-hybridized carbons (Fsp3) is 0.452. The largest absolute Gasteiger partial charge is 0.497 e. The normalized spacial score (nSPS) is 11.1. The summed E-state index contributed by atoms with van der Waals surface area (Å²) in [7, 11) is -0.567. The van der Waals surface area contributed by atoms with E-state index in [1.165, 1.54) is 19.4 Å². The Balaban J connectivity index is 1.47. The molecule has 17 nitrogen and oxygen atoms in total. The number of halogens is 1. The number of aryl methyl sites for hydroxylation is 1. The minimum absolute atomic E-state index is 0.206. The molecule has 0 radical (unpaired) electrons. The van der Waals surface area contributed by atoms with E-state index in [1.54, 1.807) is 25.3 Å². The van der Waals surface area contributed by atoms with Gasteiger partial charge >= 0.3 is 6.09 Å². The Labute approximate surface area is 295 Å². The number of ether oxygens (including phenoxy) is 7. The lowest BCUT2D eigenvalue weighted by molar-refractivity contribution is -0.00427. The van der Waals surface area contributed by atoms with Crippen LogP contribution in [0.2, 0.25) is 5.02 Å². The van der Waals surface area contributed by atoms with Crippen LogP contribution < -0.4 is 34.9 Å². The molecule has 19 heteroatoms. The van der Waals surface area contributed by atoms with Gasteiger partial charge in [-0.15, -0.1) is 0 Å². The number of amides is 1. The first-order valence-corrected chi connectivity index (χ1v) is 17.6. The Bertz CT molecular complexity index is 1630. The molecule has 1 aromatic heterocycles. The van der Waals surface area contributed by atoms with Crippen molar-refractivity contribution in [2.75, 3.05) is 102 Å². The molecule has 0 fully saturated rings. The van der Waals surface area contributed by atoms with Crippen molar-refractivity contribution < 1.29 is 51.5 Å². The Morgan fingerprint density at radius 2 is 1.46 bits per heavy atom. The van der Waals surface area contributed by atoms with Crippen molar-refractivity contribution in [1.82, 2.24) is 15.3 Å². The van der Waals surface area contributed by atoms with E-state index in [9.17, 15) is 13.2 Å². The predicted molar refractivity (Wildman–Crippen MR) is 188 cm³/mol. The third-order valence-electron chi connectivity index (χ3n) is 6.40. The number of hydrogen-bond donors (Lipinski definition) is 5. The first-order chi connectivity index (χ1) is 24.0. The van der Waals surface area contributed by atoms with E-state index in [0.29, 0.717) is 74.9 Å². The summed E-state index contributed by atoms with van der Waals surface area (Å²) >= 11 is 6.39. The smallest absolute Gasteiger partial charge is 0.404 e. The number of sulfonamides is 1. The number of nitrogens with one attached hydrogen (secondary N) is 4. The molecular formula is C31H43ClN6O11S. The van der Waals surface area contributed by atoms with Gasteiger partial charge in [0.1, 0.15) is 17.4 Å². The minimum Gasteiger partial charge on any atom is -0.497 e. The Morgan fingerprint density at radius 1 is 0.820 bits per heavy atom. The standard InChI is InChI=1S/C31H43ClN6O11S/c1-21-17-27(44-3)28(49-16-15-48-14-13-47-12-11-46-10-9-45-8-7-33-31(39)40)19-25(21)36-30-34-20-23(32)29(37-30)35-24-6-5-22(43-2)18-26(24)38-50(4,41)42/h5-6,17-20,33,38H,7-16H2,1-4H3,(H,39,40)(H2,34,35,36,37). The van der Waals surface area contributed by atoms with Gasteiger partial charge in [0.05, 0.1) is 90.9 Å². The van der Waals surface area contributed by atoms with Gasteiger partial charge in [-0.25, -0.2) is 18.2 Å². The molecule has 0 saturated heterocycles. The SMILES string of the molecule is COc1ccc(Nc2nc(Nc3cc(OCCOCCOCCOCCOCCNC(=O)O)c(OC)cc3C)ncc2Cl)c(NS(C)(=O)=O)c1. The average molecular weight is 743 g/mol. The highest BCUT2D eigenvalue weighted by Crippen LogP contribution is 2.36. The van der Waals surface area contributed by atoms with Crippen molar-refractivity contribution in [3.63, 3.8) is 0 Å². The van der Waals surface area contributed by atoms with Crippen molar-refractivity contribution in [3.8, 4) is 17.2 Å². The van der Waals surface area contributed by atoms with Gasteiger partial charge in [0, 0.05) is 24.4 Å². The van der Waals surface area contributed by atoms with E-state index in [1.807, 2.05) is 13.0 Å². The van der Waals surface area contributed by atoms with E-state index in [-0.39, 0.29) is 42.2 Å². The van der Waals surface area contributed by atoms with E-state index in [2.05, 4.69) is 30.6 Å². The zero-order valence-electron chi connectivity index (χ0n) is 28.2. The van der Waals surface area contributed by atoms with E-state index in [4.69, 9.17) is 49.9 Å². The van der Waals surface area contributed by atoms with Gasteiger partial charge in [-0.3, -0.25) is 4.72 Å². The van der Waals surface area contributed by atoms with Crippen LogP contribution in [-0.4, -0.2) is 116 Å². The molecule has 0 aliphatic rings. The van der Waals surface area contributed by atoms with Gasteiger partial charge in [-0.2, -0.15) is 4.98 Å². The zero-order chi connectivity index (χ0) is 36.4. The second kappa shape index (κ2) is 21.0. The Kier molecular flexibility index (Phi) is 16.9. The summed E-state index contributed by atoms with van der Waals surface area (Å²) in [4.78, 5) is 19.1. The lowest BCUT2D eigenvalue weighted by Gasteiger charge is -2.17. The fourth-order valence-electron chi connectivity index (χ4n) is 4.08. The Hall–Kier alpha value is -4.33. The minimum atomic E-state index is -3.59. The van der Waals surface area contributed by atoms with Crippen LogP contribution in [0.15, 0.2) is 36.5 Å². The molecule has 0 unspecified atom stereocenters. The fourth-order valence-corrected chi connectivity index (χ4v) is 4.78. The molecule has 3 rings (SSSR count). The zero-order valence-corrected chi connectivity index (χ0v) is 29.8. The number of hydrogen-bond acceptors (Lipinski definition) is 14. The summed E-state index contributed by atoms with van der Waals surface area (Å²) in [5.41, 5.74) is 2.12. The molecule has 1 heterocycles. The molecule has 0 bridgehead atoms. The van der Waals surface area contributed by atoms with E-state index >= 15 is 0 Å². The van der Waals surface area contributed by atoms with Gasteiger partial charge in [0.2, 0.25) is 16.0 Å². The average Bonchev–Trinajstić information content (AvgIpc) is 3.07. The van der Waals surface area contributed by atoms with Crippen molar-refractivity contribution in [2.45, 2.75) is 6.92 Å². The van der Waals surface area contributed by atoms with Crippen LogP contribution in [0.4, 0.5) is 33.6 Å². The molecule has 0 aliphatic heterocycles. The maximum absolute atomic E-state index is 12.0. The molecule has 0 saturated carbocycles.